The van der Waals surface area contributed by atoms with Gasteiger partial charge in [0.25, 0.3) is 0 Å². The molecule has 1 aromatic rings. The lowest BCUT2D eigenvalue weighted by Gasteiger charge is -2.35. The average Bonchev–Trinajstić information content (AvgIpc) is 3.11. The van der Waals surface area contributed by atoms with Crippen molar-refractivity contribution in [3.05, 3.63) is 59.8 Å². The highest BCUT2D eigenvalue weighted by Crippen LogP contribution is 2.29. The van der Waals surface area contributed by atoms with Crippen LogP contribution < -0.4 is 10.9 Å². The summed E-state index contributed by atoms with van der Waals surface area (Å²) in [6, 6.07) is 9.99. The van der Waals surface area contributed by atoms with E-state index in [-0.39, 0.29) is 0 Å². The zero-order valence-electron chi connectivity index (χ0n) is 11.8. The number of hydrogen-bond donors (Lipinski definition) is 2. The molecule has 0 atom stereocenters. The summed E-state index contributed by atoms with van der Waals surface area (Å²) in [5.74, 6) is 2.50. The van der Waals surface area contributed by atoms with Crippen molar-refractivity contribution in [2.75, 3.05) is 14.1 Å². The number of amidine groups is 2. The number of rotatable bonds is 2. The van der Waals surface area contributed by atoms with E-state index in [2.05, 4.69) is 20.8 Å². The fourth-order valence-electron chi connectivity index (χ4n) is 2.52. The first-order valence-corrected chi connectivity index (χ1v) is 6.69. The highest BCUT2D eigenvalue weighted by Gasteiger charge is 2.37. The number of hydrazine groups is 3. The van der Waals surface area contributed by atoms with Crippen LogP contribution in [0.15, 0.2) is 64.2 Å². The minimum absolute atomic E-state index is 0.731. The van der Waals surface area contributed by atoms with Crippen LogP contribution in [-0.2, 0) is 0 Å². The van der Waals surface area contributed by atoms with Gasteiger partial charge in [-0.2, -0.15) is 0 Å². The molecule has 0 bridgehead atoms. The van der Waals surface area contributed by atoms with Gasteiger partial charge in [0, 0.05) is 19.7 Å². The number of benzene rings is 1. The van der Waals surface area contributed by atoms with E-state index in [0.29, 0.717) is 0 Å². The van der Waals surface area contributed by atoms with Gasteiger partial charge in [0.2, 0.25) is 0 Å². The molecular weight excluding hydrogens is 266 g/mol. The molecule has 0 saturated carbocycles. The van der Waals surface area contributed by atoms with Crippen LogP contribution >= 0.6 is 0 Å². The molecule has 7 nitrogen and oxygen atoms in total. The Bertz CT molecular complexity index is 701. The van der Waals surface area contributed by atoms with E-state index < -0.39 is 0 Å². The van der Waals surface area contributed by atoms with Gasteiger partial charge in [0.1, 0.15) is 5.70 Å². The van der Waals surface area contributed by atoms with Gasteiger partial charge in [0.15, 0.2) is 17.5 Å². The molecule has 0 fully saturated rings. The lowest BCUT2D eigenvalue weighted by atomic mass is 10.2. The van der Waals surface area contributed by atoms with Gasteiger partial charge in [-0.15, -0.1) is 5.12 Å². The lowest BCUT2D eigenvalue weighted by molar-refractivity contribution is 0.0677. The molecule has 7 heteroatoms. The van der Waals surface area contributed by atoms with E-state index in [0.717, 1.165) is 28.8 Å². The molecule has 3 aliphatic rings. The van der Waals surface area contributed by atoms with Crippen molar-refractivity contribution >= 4 is 11.7 Å². The molecule has 3 aliphatic heterocycles. The first-order valence-electron chi connectivity index (χ1n) is 6.69. The molecule has 21 heavy (non-hydrogen) atoms. The van der Waals surface area contributed by atoms with Crippen LogP contribution in [0.25, 0.3) is 0 Å². The largest absolute Gasteiger partial charge is 0.305 e. The third kappa shape index (κ3) is 1.75. The van der Waals surface area contributed by atoms with Crippen LogP contribution in [0.5, 0.6) is 0 Å². The van der Waals surface area contributed by atoms with Crippen LogP contribution in [0.4, 0.5) is 0 Å². The van der Waals surface area contributed by atoms with E-state index >= 15 is 0 Å². The third-order valence-corrected chi connectivity index (χ3v) is 3.54. The Balaban J connectivity index is 1.79. The summed E-state index contributed by atoms with van der Waals surface area (Å²) < 4.78 is 0. The number of aliphatic imine (C=N–C) groups is 2. The van der Waals surface area contributed by atoms with Crippen molar-refractivity contribution in [2.45, 2.75) is 0 Å². The van der Waals surface area contributed by atoms with E-state index in [1.807, 2.05) is 72.0 Å². The molecule has 0 aromatic heterocycles. The maximum Gasteiger partial charge on any atom is 0.180 e. The van der Waals surface area contributed by atoms with Crippen molar-refractivity contribution in [1.29, 1.82) is 0 Å². The molecule has 3 heterocycles. The van der Waals surface area contributed by atoms with E-state index in [9.17, 15) is 0 Å². The van der Waals surface area contributed by atoms with Gasteiger partial charge < -0.3 is 5.43 Å². The summed E-state index contributed by atoms with van der Waals surface area (Å²) in [5, 5.41) is 5.75. The minimum atomic E-state index is 0.731. The fourth-order valence-corrected chi connectivity index (χ4v) is 2.52. The highest BCUT2D eigenvalue weighted by atomic mass is 15.9. The van der Waals surface area contributed by atoms with Gasteiger partial charge >= 0.3 is 0 Å². The summed E-state index contributed by atoms with van der Waals surface area (Å²) >= 11 is 0. The summed E-state index contributed by atoms with van der Waals surface area (Å²) in [6.07, 6.45) is 3.85. The smallest absolute Gasteiger partial charge is 0.180 e. The minimum Gasteiger partial charge on any atom is -0.305 e. The van der Waals surface area contributed by atoms with Crippen molar-refractivity contribution in [1.82, 2.24) is 26.0 Å². The van der Waals surface area contributed by atoms with Crippen LogP contribution in [0.2, 0.25) is 0 Å². The number of nitrogens with zero attached hydrogens (tertiary/aromatic N) is 5. The first-order chi connectivity index (χ1) is 10.3. The Morgan fingerprint density at radius 2 is 1.95 bits per heavy atom. The fraction of sp³-hybridized carbons (Fsp3) is 0.143. The lowest BCUT2D eigenvalue weighted by Crippen LogP contribution is -2.50. The molecule has 0 unspecified atom stereocenters. The van der Waals surface area contributed by atoms with Crippen LogP contribution in [0.1, 0.15) is 5.56 Å². The third-order valence-electron chi connectivity index (χ3n) is 3.54. The molecule has 0 amide bonds. The predicted molar refractivity (Wildman–Crippen MR) is 80.2 cm³/mol. The van der Waals surface area contributed by atoms with E-state index in [4.69, 9.17) is 0 Å². The summed E-state index contributed by atoms with van der Waals surface area (Å²) in [6.45, 7) is 0. The molecular formula is C14H15N7. The quantitative estimate of drug-likeness (QED) is 0.831. The zero-order chi connectivity index (χ0) is 14.4. The Kier molecular flexibility index (Phi) is 2.56. The van der Waals surface area contributed by atoms with Crippen LogP contribution in [-0.4, -0.2) is 40.9 Å². The zero-order valence-corrected chi connectivity index (χ0v) is 11.8. The average molecular weight is 281 g/mol. The summed E-state index contributed by atoms with van der Waals surface area (Å²) in [5.41, 5.74) is 8.10. The number of nitrogens with one attached hydrogen (secondary N) is 2. The van der Waals surface area contributed by atoms with Crippen LogP contribution in [0, 0.1) is 0 Å². The number of fused-ring (bicyclic) bond motifs is 3. The molecule has 0 saturated heterocycles. The van der Waals surface area contributed by atoms with Gasteiger partial charge in [0.05, 0.1) is 12.4 Å². The van der Waals surface area contributed by atoms with Gasteiger partial charge in [-0.1, -0.05) is 30.3 Å². The standard InChI is InChI=1S/C14H15N7/c1-15-20-9-11-14(21-12(20)8-16-19(21)2)18-13(17-11)10-6-4-3-5-7-10/h3-9,15-16H,1-2H3. The topological polar surface area (TPSA) is 58.5 Å². The predicted octanol–water partition coefficient (Wildman–Crippen LogP) is 0.603. The van der Waals surface area contributed by atoms with Crippen molar-refractivity contribution in [2.24, 2.45) is 9.98 Å². The van der Waals surface area contributed by atoms with Crippen molar-refractivity contribution < 1.29 is 0 Å². The second kappa shape index (κ2) is 4.44. The van der Waals surface area contributed by atoms with E-state index in [1.54, 1.807) is 0 Å². The molecule has 0 aliphatic carbocycles. The Labute approximate surface area is 122 Å². The highest BCUT2D eigenvalue weighted by molar-refractivity contribution is 6.17. The van der Waals surface area contributed by atoms with Crippen LogP contribution in [0.3, 0.4) is 0 Å². The molecule has 1 aromatic carbocycles. The Hall–Kier alpha value is -2.64. The normalized spacial score (nSPS) is 20.3. The van der Waals surface area contributed by atoms with Crippen molar-refractivity contribution in [3.63, 3.8) is 0 Å². The molecule has 4 rings (SSSR count). The Morgan fingerprint density at radius 3 is 2.71 bits per heavy atom. The maximum absolute atomic E-state index is 4.69. The maximum atomic E-state index is 4.69. The first kappa shape index (κ1) is 12.1. The van der Waals surface area contributed by atoms with Gasteiger partial charge in [-0.3, -0.25) is 5.01 Å². The summed E-state index contributed by atoms with van der Waals surface area (Å²) in [4.78, 5) is 9.33. The second-order valence-corrected chi connectivity index (χ2v) is 4.81. The molecule has 2 N–H and O–H groups in total. The van der Waals surface area contributed by atoms with Gasteiger partial charge in [-0.25, -0.2) is 20.4 Å². The summed E-state index contributed by atoms with van der Waals surface area (Å²) in [7, 11) is 3.80. The monoisotopic (exact) mass is 281 g/mol. The SMILES string of the molecule is CNN1C=C2N=C(c3ccccc3)N=C2N2C1=CNN2C. The molecule has 106 valence electrons. The Morgan fingerprint density at radius 1 is 1.14 bits per heavy atom. The van der Waals surface area contributed by atoms with Gasteiger partial charge in [-0.05, 0) is 0 Å². The molecule has 0 spiro atoms. The van der Waals surface area contributed by atoms with Crippen molar-refractivity contribution in [3.8, 4) is 0 Å². The van der Waals surface area contributed by atoms with E-state index in [1.165, 1.54) is 0 Å². The molecule has 0 radical (unpaired) electrons. The number of hydrogen-bond acceptors (Lipinski definition) is 7. The second-order valence-electron chi connectivity index (χ2n) is 4.81.